The molecule has 0 aromatic heterocycles. The second-order valence-electron chi connectivity index (χ2n) is 4.31. The van der Waals surface area contributed by atoms with Crippen LogP contribution in [0.3, 0.4) is 0 Å². The zero-order chi connectivity index (χ0) is 12.5. The van der Waals surface area contributed by atoms with Crippen LogP contribution >= 0.6 is 15.9 Å². The normalized spacial score (nSPS) is 13.4. The molecule has 0 aliphatic carbocycles. The lowest BCUT2D eigenvalue weighted by atomic mass is 10.1. The van der Waals surface area contributed by atoms with E-state index in [4.69, 9.17) is 0 Å². The zero-order valence-electron chi connectivity index (χ0n) is 10.2. The molecule has 0 radical (unpaired) electrons. The second kappa shape index (κ2) is 4.62. The van der Waals surface area contributed by atoms with Crippen molar-refractivity contribution in [2.45, 2.75) is 6.92 Å². The highest BCUT2D eigenvalue weighted by Crippen LogP contribution is 2.41. The predicted molar refractivity (Wildman–Crippen MR) is 82.4 cm³/mol. The van der Waals surface area contributed by atoms with Crippen molar-refractivity contribution in [3.63, 3.8) is 0 Å². The molecule has 90 valence electrons. The third kappa shape index (κ3) is 1.77. The van der Waals surface area contributed by atoms with Crippen LogP contribution in [-0.4, -0.2) is 6.54 Å². The fourth-order valence-corrected chi connectivity index (χ4v) is 3.03. The summed E-state index contributed by atoms with van der Waals surface area (Å²) in [5.74, 6) is 0. The lowest BCUT2D eigenvalue weighted by molar-refractivity contribution is 1.02. The second-order valence-corrected chi connectivity index (χ2v) is 5.17. The molecule has 0 fully saturated rings. The Balaban J connectivity index is 2.31. The van der Waals surface area contributed by atoms with Crippen LogP contribution in [0.2, 0.25) is 0 Å². The molecule has 1 heterocycles. The highest BCUT2D eigenvalue weighted by molar-refractivity contribution is 9.15. The minimum atomic E-state index is 0.960. The third-order valence-electron chi connectivity index (χ3n) is 3.28. The summed E-state index contributed by atoms with van der Waals surface area (Å²) in [6.07, 6.45) is 2.20. The molecule has 0 atom stereocenters. The summed E-state index contributed by atoms with van der Waals surface area (Å²) in [5, 5.41) is 0. The summed E-state index contributed by atoms with van der Waals surface area (Å²) in [4.78, 5) is 2.36. The van der Waals surface area contributed by atoms with Gasteiger partial charge >= 0.3 is 0 Å². The van der Waals surface area contributed by atoms with E-state index >= 15 is 0 Å². The van der Waals surface area contributed by atoms with Gasteiger partial charge in [0, 0.05) is 28.0 Å². The number of nitrogens with zero attached hydrogens (tertiary/aromatic N) is 1. The van der Waals surface area contributed by atoms with E-state index in [-0.39, 0.29) is 0 Å². The van der Waals surface area contributed by atoms with Gasteiger partial charge in [-0.25, -0.2) is 0 Å². The zero-order valence-corrected chi connectivity index (χ0v) is 11.8. The van der Waals surface area contributed by atoms with Gasteiger partial charge in [0.15, 0.2) is 0 Å². The van der Waals surface area contributed by atoms with E-state index in [2.05, 4.69) is 82.4 Å². The highest BCUT2D eigenvalue weighted by atomic mass is 79.9. The molecule has 0 amide bonds. The van der Waals surface area contributed by atoms with Crippen molar-refractivity contribution in [3.05, 3.63) is 59.7 Å². The van der Waals surface area contributed by atoms with Crippen LogP contribution in [0.4, 0.5) is 11.4 Å². The number of hydrogen-bond acceptors (Lipinski definition) is 1. The molecule has 2 heteroatoms. The lowest BCUT2D eigenvalue weighted by Crippen LogP contribution is -2.17. The van der Waals surface area contributed by atoms with E-state index in [0.29, 0.717) is 0 Å². The summed E-state index contributed by atoms with van der Waals surface area (Å²) < 4.78 is 1.14. The number of hydrogen-bond donors (Lipinski definition) is 0. The highest BCUT2D eigenvalue weighted by Gasteiger charge is 2.18. The van der Waals surface area contributed by atoms with Crippen molar-refractivity contribution < 1.29 is 0 Å². The fraction of sp³-hybridized carbons (Fsp3) is 0.125. The van der Waals surface area contributed by atoms with Crippen LogP contribution in [0.25, 0.3) is 10.6 Å². The van der Waals surface area contributed by atoms with Crippen LogP contribution in [0, 0.1) is 0 Å². The van der Waals surface area contributed by atoms with Gasteiger partial charge in [0.25, 0.3) is 0 Å². The topological polar surface area (TPSA) is 3.24 Å². The van der Waals surface area contributed by atoms with Crippen molar-refractivity contribution in [2.75, 3.05) is 11.4 Å². The monoisotopic (exact) mass is 299 g/mol. The molecule has 0 unspecified atom stereocenters. The molecular weight excluding hydrogens is 286 g/mol. The molecular formula is C16H14BrN. The average molecular weight is 300 g/mol. The first-order chi connectivity index (χ1) is 8.81. The first-order valence-electron chi connectivity index (χ1n) is 6.14. The van der Waals surface area contributed by atoms with Crippen LogP contribution < -0.4 is 4.90 Å². The molecule has 2 aromatic rings. The molecule has 2 aromatic carbocycles. The summed E-state index contributed by atoms with van der Waals surface area (Å²) >= 11 is 3.70. The maximum absolute atomic E-state index is 3.70. The Morgan fingerprint density at radius 2 is 1.61 bits per heavy atom. The number of fused-ring (bicyclic) bond motifs is 2. The Labute approximate surface area is 116 Å². The summed E-state index contributed by atoms with van der Waals surface area (Å²) in [7, 11) is 0. The van der Waals surface area contributed by atoms with Crippen LogP contribution in [0.5, 0.6) is 0 Å². The van der Waals surface area contributed by atoms with Gasteiger partial charge in [-0.2, -0.15) is 0 Å². The molecule has 0 bridgehead atoms. The molecule has 0 spiro atoms. The summed E-state index contributed by atoms with van der Waals surface area (Å²) in [6.45, 7) is 3.15. The largest absolute Gasteiger partial charge is 0.341 e. The Morgan fingerprint density at radius 1 is 0.944 bits per heavy atom. The van der Waals surface area contributed by atoms with Gasteiger partial charge in [0.2, 0.25) is 0 Å². The van der Waals surface area contributed by atoms with Crippen LogP contribution in [0.1, 0.15) is 18.1 Å². The van der Waals surface area contributed by atoms with E-state index in [1.165, 1.54) is 22.5 Å². The van der Waals surface area contributed by atoms with Gasteiger partial charge in [-0.05, 0) is 30.7 Å². The van der Waals surface area contributed by atoms with Crippen molar-refractivity contribution in [1.29, 1.82) is 0 Å². The van der Waals surface area contributed by atoms with Crippen molar-refractivity contribution in [2.24, 2.45) is 0 Å². The van der Waals surface area contributed by atoms with E-state index in [1.54, 1.807) is 0 Å². The SMILES string of the molecule is CCN1c2ccccc2C=C(Br)c2ccccc21. The number of rotatable bonds is 1. The van der Waals surface area contributed by atoms with Gasteiger partial charge < -0.3 is 4.90 Å². The lowest BCUT2D eigenvalue weighted by Gasteiger charge is -2.25. The van der Waals surface area contributed by atoms with Gasteiger partial charge in [-0.1, -0.05) is 52.3 Å². The van der Waals surface area contributed by atoms with Crippen LogP contribution in [0.15, 0.2) is 48.5 Å². The van der Waals surface area contributed by atoms with Crippen molar-refractivity contribution >= 4 is 37.9 Å². The van der Waals surface area contributed by atoms with E-state index < -0.39 is 0 Å². The third-order valence-corrected chi connectivity index (χ3v) is 3.93. The van der Waals surface area contributed by atoms with E-state index in [0.717, 1.165) is 11.0 Å². The van der Waals surface area contributed by atoms with Gasteiger partial charge in [0.05, 0.1) is 0 Å². The maximum Gasteiger partial charge on any atom is 0.0495 e. The standard InChI is InChI=1S/C16H14BrN/c1-2-18-15-9-5-3-7-12(15)11-14(17)13-8-4-6-10-16(13)18/h3-11H,2H2,1H3. The molecule has 1 aliphatic heterocycles. The summed E-state index contributed by atoms with van der Waals surface area (Å²) in [6, 6.07) is 17.0. The molecule has 3 rings (SSSR count). The van der Waals surface area contributed by atoms with Gasteiger partial charge in [-0.15, -0.1) is 0 Å². The Kier molecular flexibility index (Phi) is 2.96. The summed E-state index contributed by atoms with van der Waals surface area (Å²) in [5.41, 5.74) is 5.02. The first kappa shape index (κ1) is 11.5. The Hall–Kier alpha value is -1.54. The fourth-order valence-electron chi connectivity index (χ4n) is 2.45. The maximum atomic E-state index is 3.70. The Morgan fingerprint density at radius 3 is 2.39 bits per heavy atom. The number of para-hydroxylation sites is 2. The molecule has 1 aliphatic rings. The minimum absolute atomic E-state index is 0.960. The number of benzene rings is 2. The Bertz CT molecular complexity index is 616. The smallest absolute Gasteiger partial charge is 0.0495 e. The van der Waals surface area contributed by atoms with Crippen molar-refractivity contribution in [1.82, 2.24) is 0 Å². The van der Waals surface area contributed by atoms with Gasteiger partial charge in [-0.3, -0.25) is 0 Å². The molecule has 0 N–H and O–H groups in total. The van der Waals surface area contributed by atoms with Crippen LogP contribution in [-0.2, 0) is 0 Å². The van der Waals surface area contributed by atoms with Gasteiger partial charge in [0.1, 0.15) is 0 Å². The quantitative estimate of drug-likeness (QED) is 0.712. The first-order valence-corrected chi connectivity index (χ1v) is 6.93. The molecule has 0 saturated carbocycles. The molecule has 18 heavy (non-hydrogen) atoms. The number of halogens is 1. The van der Waals surface area contributed by atoms with E-state index in [9.17, 15) is 0 Å². The van der Waals surface area contributed by atoms with E-state index in [1.807, 2.05) is 0 Å². The number of anilines is 2. The average Bonchev–Trinajstić information content (AvgIpc) is 2.53. The minimum Gasteiger partial charge on any atom is -0.341 e. The van der Waals surface area contributed by atoms with Crippen molar-refractivity contribution in [3.8, 4) is 0 Å². The predicted octanol–water partition coefficient (Wildman–Crippen LogP) is 5.05. The molecule has 0 saturated heterocycles. The molecule has 1 nitrogen and oxygen atoms in total.